The van der Waals surface area contributed by atoms with Gasteiger partial charge < -0.3 is 10.0 Å². The number of nitrogens with zero attached hydrogens (tertiary/aromatic N) is 2. The maximum Gasteiger partial charge on any atom is 0.339 e. The first-order valence-electron chi connectivity index (χ1n) is 7.23. The number of pyridine rings is 1. The molecule has 1 saturated carbocycles. The van der Waals surface area contributed by atoms with Crippen LogP contribution in [-0.4, -0.2) is 29.1 Å². The molecule has 1 aliphatic carbocycles. The molecule has 0 unspecified atom stereocenters. The van der Waals surface area contributed by atoms with E-state index >= 15 is 0 Å². The van der Waals surface area contributed by atoms with Crippen molar-refractivity contribution >= 4 is 11.8 Å². The van der Waals surface area contributed by atoms with Gasteiger partial charge in [-0.2, -0.15) is 0 Å². The highest BCUT2D eigenvalue weighted by atomic mass is 16.4. The molecular formula is C16H24N2O2. The Morgan fingerprint density at radius 3 is 2.55 bits per heavy atom. The number of aromatic nitrogens is 1. The highest BCUT2D eigenvalue weighted by Gasteiger charge is 2.30. The van der Waals surface area contributed by atoms with Gasteiger partial charge in [-0.15, -0.1) is 0 Å². The molecule has 1 heterocycles. The summed E-state index contributed by atoms with van der Waals surface area (Å²) in [5.41, 5.74) is 1.51. The molecule has 0 bridgehead atoms. The molecule has 0 saturated heterocycles. The van der Waals surface area contributed by atoms with Crippen molar-refractivity contribution in [1.29, 1.82) is 0 Å². The summed E-state index contributed by atoms with van der Waals surface area (Å²) >= 11 is 0. The fourth-order valence-corrected chi connectivity index (χ4v) is 3.02. The maximum atomic E-state index is 11.5. The van der Waals surface area contributed by atoms with Crippen LogP contribution in [0.15, 0.2) is 12.3 Å². The van der Waals surface area contributed by atoms with Crippen LogP contribution in [0.1, 0.15) is 55.5 Å². The Bertz CT molecular complexity index is 501. The third-order valence-electron chi connectivity index (χ3n) is 4.54. The van der Waals surface area contributed by atoms with Gasteiger partial charge >= 0.3 is 5.97 Å². The van der Waals surface area contributed by atoms with Crippen molar-refractivity contribution in [2.45, 2.75) is 52.5 Å². The molecule has 0 aliphatic heterocycles. The van der Waals surface area contributed by atoms with Gasteiger partial charge in [-0.1, -0.05) is 13.8 Å². The molecule has 0 radical (unpaired) electrons. The first-order chi connectivity index (χ1) is 9.32. The summed E-state index contributed by atoms with van der Waals surface area (Å²) in [6.07, 6.45) is 6.24. The van der Waals surface area contributed by atoms with E-state index in [2.05, 4.69) is 23.7 Å². The second-order valence-corrected chi connectivity index (χ2v) is 6.64. The van der Waals surface area contributed by atoms with Crippen LogP contribution in [0.25, 0.3) is 0 Å². The van der Waals surface area contributed by atoms with Gasteiger partial charge in [0.05, 0.1) is 0 Å². The highest BCUT2D eigenvalue weighted by Crippen LogP contribution is 2.38. The van der Waals surface area contributed by atoms with E-state index in [1.807, 2.05) is 14.0 Å². The van der Waals surface area contributed by atoms with Crippen molar-refractivity contribution in [1.82, 2.24) is 4.98 Å². The number of anilines is 1. The molecule has 1 aliphatic rings. The van der Waals surface area contributed by atoms with E-state index in [-0.39, 0.29) is 0 Å². The average Bonchev–Trinajstić information content (AvgIpc) is 2.37. The molecule has 0 aromatic carbocycles. The largest absolute Gasteiger partial charge is 0.478 e. The summed E-state index contributed by atoms with van der Waals surface area (Å²) < 4.78 is 0. The van der Waals surface area contributed by atoms with E-state index in [1.165, 1.54) is 12.8 Å². The minimum Gasteiger partial charge on any atom is -0.478 e. The smallest absolute Gasteiger partial charge is 0.339 e. The normalized spacial score (nSPS) is 18.8. The predicted molar refractivity (Wildman–Crippen MR) is 80.4 cm³/mol. The molecule has 1 N–H and O–H groups in total. The molecule has 0 amide bonds. The molecule has 0 spiro atoms. The second kappa shape index (κ2) is 5.43. The Kier molecular flexibility index (Phi) is 4.02. The minimum atomic E-state index is -0.895. The zero-order valence-corrected chi connectivity index (χ0v) is 12.8. The first kappa shape index (κ1) is 14.8. The molecule has 4 nitrogen and oxygen atoms in total. The van der Waals surface area contributed by atoms with E-state index in [9.17, 15) is 9.90 Å². The molecule has 1 aromatic rings. The van der Waals surface area contributed by atoms with Crippen molar-refractivity contribution in [2.24, 2.45) is 5.41 Å². The number of hydrogen-bond donors (Lipinski definition) is 1. The summed E-state index contributed by atoms with van der Waals surface area (Å²) in [6, 6.07) is 2.14. The second-order valence-electron chi connectivity index (χ2n) is 6.64. The van der Waals surface area contributed by atoms with Gasteiger partial charge in [-0.25, -0.2) is 9.78 Å². The molecular weight excluding hydrogens is 252 g/mol. The Balaban J connectivity index is 2.24. The van der Waals surface area contributed by atoms with Crippen LogP contribution >= 0.6 is 0 Å². The van der Waals surface area contributed by atoms with Crippen molar-refractivity contribution in [3.63, 3.8) is 0 Å². The van der Waals surface area contributed by atoms with Crippen LogP contribution in [0.5, 0.6) is 0 Å². The van der Waals surface area contributed by atoms with E-state index in [0.29, 0.717) is 22.8 Å². The lowest BCUT2D eigenvalue weighted by Gasteiger charge is -2.39. The number of aromatic carboxylic acids is 1. The van der Waals surface area contributed by atoms with E-state index < -0.39 is 5.97 Å². The lowest BCUT2D eigenvalue weighted by molar-refractivity contribution is 0.0696. The predicted octanol–water partition coefficient (Wildman–Crippen LogP) is 3.49. The third-order valence-corrected chi connectivity index (χ3v) is 4.54. The maximum absolute atomic E-state index is 11.5. The molecule has 20 heavy (non-hydrogen) atoms. The van der Waals surface area contributed by atoms with Gasteiger partial charge in [-0.05, 0) is 49.7 Å². The SMILES string of the molecule is Cc1ccnc(N(C)C2CCC(C)(C)CC2)c1C(=O)O. The topological polar surface area (TPSA) is 53.4 Å². The Hall–Kier alpha value is -1.58. The van der Waals surface area contributed by atoms with Gasteiger partial charge in [0, 0.05) is 19.3 Å². The van der Waals surface area contributed by atoms with E-state index in [4.69, 9.17) is 0 Å². The number of hydrogen-bond acceptors (Lipinski definition) is 3. The summed E-state index contributed by atoms with van der Waals surface area (Å²) in [5, 5.41) is 9.41. The number of carboxylic acid groups (broad SMARTS) is 1. The lowest BCUT2D eigenvalue weighted by atomic mass is 9.75. The van der Waals surface area contributed by atoms with Gasteiger partial charge in [0.2, 0.25) is 0 Å². The van der Waals surface area contributed by atoms with Crippen LogP contribution in [0.4, 0.5) is 5.82 Å². The molecule has 0 atom stereocenters. The fraction of sp³-hybridized carbons (Fsp3) is 0.625. The highest BCUT2D eigenvalue weighted by molar-refractivity contribution is 5.94. The monoisotopic (exact) mass is 276 g/mol. The van der Waals surface area contributed by atoms with E-state index in [1.54, 1.807) is 12.3 Å². The standard InChI is InChI=1S/C16H24N2O2/c1-11-7-10-17-14(13(11)15(19)20)18(4)12-5-8-16(2,3)9-6-12/h7,10,12H,5-6,8-9H2,1-4H3,(H,19,20). The summed E-state index contributed by atoms with van der Waals surface area (Å²) in [4.78, 5) is 17.8. The lowest BCUT2D eigenvalue weighted by Crippen LogP contribution is -2.38. The number of aryl methyl sites for hydroxylation is 1. The first-order valence-corrected chi connectivity index (χ1v) is 7.23. The van der Waals surface area contributed by atoms with Crippen molar-refractivity contribution in [3.8, 4) is 0 Å². The third kappa shape index (κ3) is 2.94. The molecule has 110 valence electrons. The fourth-order valence-electron chi connectivity index (χ4n) is 3.02. The number of carbonyl (C=O) groups is 1. The van der Waals surface area contributed by atoms with Crippen LogP contribution in [0.3, 0.4) is 0 Å². The van der Waals surface area contributed by atoms with Crippen LogP contribution in [0, 0.1) is 12.3 Å². The quantitative estimate of drug-likeness (QED) is 0.918. The number of rotatable bonds is 3. The average molecular weight is 276 g/mol. The van der Waals surface area contributed by atoms with Gasteiger partial charge in [-0.3, -0.25) is 0 Å². The Morgan fingerprint density at radius 2 is 2.00 bits per heavy atom. The molecule has 4 heteroatoms. The zero-order chi connectivity index (χ0) is 14.9. The molecule has 1 fully saturated rings. The number of carboxylic acids is 1. The van der Waals surface area contributed by atoms with Gasteiger partial charge in [0.15, 0.2) is 0 Å². The van der Waals surface area contributed by atoms with Crippen molar-refractivity contribution in [2.75, 3.05) is 11.9 Å². The van der Waals surface area contributed by atoms with Crippen LogP contribution in [-0.2, 0) is 0 Å². The van der Waals surface area contributed by atoms with Gasteiger partial charge in [0.25, 0.3) is 0 Å². The Labute approximate surface area is 120 Å². The van der Waals surface area contributed by atoms with E-state index in [0.717, 1.165) is 18.4 Å². The van der Waals surface area contributed by atoms with Crippen molar-refractivity contribution in [3.05, 3.63) is 23.4 Å². The zero-order valence-electron chi connectivity index (χ0n) is 12.8. The van der Waals surface area contributed by atoms with Crippen molar-refractivity contribution < 1.29 is 9.90 Å². The molecule has 1 aromatic heterocycles. The minimum absolute atomic E-state index is 0.333. The van der Waals surface area contributed by atoms with Gasteiger partial charge in [0.1, 0.15) is 11.4 Å². The summed E-state index contributed by atoms with van der Waals surface area (Å²) in [5.74, 6) is -0.296. The Morgan fingerprint density at radius 1 is 1.40 bits per heavy atom. The van der Waals surface area contributed by atoms with Crippen LogP contribution in [0.2, 0.25) is 0 Å². The van der Waals surface area contributed by atoms with Crippen LogP contribution < -0.4 is 4.90 Å². The molecule has 2 rings (SSSR count). The summed E-state index contributed by atoms with van der Waals surface area (Å²) in [7, 11) is 1.97. The summed E-state index contributed by atoms with van der Waals surface area (Å²) in [6.45, 7) is 6.43.